The molecule has 0 bridgehead atoms. The van der Waals surface area contributed by atoms with Crippen LogP contribution in [-0.2, 0) is 25.6 Å². The Labute approximate surface area is 178 Å². The van der Waals surface area contributed by atoms with Crippen LogP contribution in [0, 0.1) is 0 Å². The molecule has 9 nitrogen and oxygen atoms in total. The molecular formula is C21H34N4O5. The Hall–Kier alpha value is -2.65. The Morgan fingerprint density at radius 2 is 1.93 bits per heavy atom. The van der Waals surface area contributed by atoms with E-state index >= 15 is 0 Å². The maximum absolute atomic E-state index is 12.6. The number of amides is 1. The average molecular weight is 423 g/mol. The molecule has 1 fully saturated rings. The van der Waals surface area contributed by atoms with E-state index in [1.54, 1.807) is 19.1 Å². The van der Waals surface area contributed by atoms with Gasteiger partial charge in [0.2, 0.25) is 5.91 Å². The standard InChI is InChI=1S/C20H30N4O5.CH4/c1-3-28-18(25)13-29-17-8-10-24(11-9-17)20(26)14(2)22-12-15-4-6-16(7-5-15)19(21)23-27;/h4-7,14,17,22,27H,3,8-13H2,1-2H3,(H2,21,23);1H4. The minimum absolute atomic E-state index is 0. The number of benzene rings is 1. The van der Waals surface area contributed by atoms with Crippen LogP contribution in [0.4, 0.5) is 0 Å². The molecule has 9 heteroatoms. The summed E-state index contributed by atoms with van der Waals surface area (Å²) in [6.07, 6.45) is 1.38. The lowest BCUT2D eigenvalue weighted by atomic mass is 10.1. The van der Waals surface area contributed by atoms with E-state index in [2.05, 4.69) is 10.5 Å². The van der Waals surface area contributed by atoms with Gasteiger partial charge in [0.1, 0.15) is 6.61 Å². The van der Waals surface area contributed by atoms with Gasteiger partial charge in [-0.05, 0) is 32.3 Å². The molecule has 1 aliphatic rings. The maximum Gasteiger partial charge on any atom is 0.332 e. The lowest BCUT2D eigenvalue weighted by Gasteiger charge is -2.33. The highest BCUT2D eigenvalue weighted by molar-refractivity contribution is 5.96. The summed E-state index contributed by atoms with van der Waals surface area (Å²) in [5, 5.41) is 14.9. The predicted molar refractivity (Wildman–Crippen MR) is 114 cm³/mol. The second kappa shape index (κ2) is 12.8. The Morgan fingerprint density at radius 3 is 2.50 bits per heavy atom. The molecule has 1 aliphatic heterocycles. The Morgan fingerprint density at radius 1 is 1.30 bits per heavy atom. The number of carbonyl (C=O) groups excluding carboxylic acids is 2. The van der Waals surface area contributed by atoms with Crippen molar-refractivity contribution in [1.82, 2.24) is 10.2 Å². The van der Waals surface area contributed by atoms with E-state index in [-0.39, 0.29) is 43.9 Å². The highest BCUT2D eigenvalue weighted by Crippen LogP contribution is 2.15. The molecule has 1 saturated heterocycles. The largest absolute Gasteiger partial charge is 0.464 e. The number of hydrogen-bond donors (Lipinski definition) is 3. The highest BCUT2D eigenvalue weighted by atomic mass is 16.6. The van der Waals surface area contributed by atoms with Crippen LogP contribution in [0.2, 0.25) is 0 Å². The molecule has 0 aromatic heterocycles. The average Bonchev–Trinajstić information content (AvgIpc) is 2.76. The summed E-state index contributed by atoms with van der Waals surface area (Å²) in [5.74, 6) is -0.256. The SMILES string of the molecule is C.CCOC(=O)COC1CCN(C(=O)C(C)NCc2ccc(/C(N)=N/O)cc2)CC1. The number of piperidine rings is 1. The van der Waals surface area contributed by atoms with Crippen molar-refractivity contribution in [2.75, 3.05) is 26.3 Å². The molecule has 0 aliphatic carbocycles. The van der Waals surface area contributed by atoms with Crippen molar-refractivity contribution in [3.05, 3.63) is 35.4 Å². The van der Waals surface area contributed by atoms with Crippen molar-refractivity contribution in [3.63, 3.8) is 0 Å². The van der Waals surface area contributed by atoms with Crippen molar-refractivity contribution < 1.29 is 24.3 Å². The quantitative estimate of drug-likeness (QED) is 0.181. The number of likely N-dealkylation sites (tertiary alicyclic amines) is 1. The molecule has 1 heterocycles. The Bertz CT molecular complexity index is 700. The van der Waals surface area contributed by atoms with Crippen LogP contribution in [-0.4, -0.2) is 66.3 Å². The van der Waals surface area contributed by atoms with Gasteiger partial charge < -0.3 is 30.6 Å². The fraction of sp³-hybridized carbons (Fsp3) is 0.571. The first kappa shape index (κ1) is 25.4. The van der Waals surface area contributed by atoms with E-state index in [1.165, 1.54) is 0 Å². The zero-order chi connectivity index (χ0) is 21.2. The number of nitrogens with one attached hydrogen (secondary N) is 1. The fourth-order valence-corrected chi connectivity index (χ4v) is 3.11. The first-order valence-electron chi connectivity index (χ1n) is 9.80. The number of hydrogen-bond acceptors (Lipinski definition) is 7. The van der Waals surface area contributed by atoms with Crippen LogP contribution < -0.4 is 11.1 Å². The number of carbonyl (C=O) groups is 2. The molecule has 1 aromatic rings. The lowest BCUT2D eigenvalue weighted by Crippen LogP contribution is -2.48. The first-order chi connectivity index (χ1) is 13.9. The van der Waals surface area contributed by atoms with Gasteiger partial charge in [0, 0.05) is 25.2 Å². The molecule has 0 spiro atoms. The van der Waals surface area contributed by atoms with Crippen LogP contribution in [0.15, 0.2) is 29.4 Å². The minimum atomic E-state index is -0.358. The summed E-state index contributed by atoms with van der Waals surface area (Å²) in [6.45, 7) is 5.64. The number of ether oxygens (including phenoxy) is 2. The third-order valence-corrected chi connectivity index (χ3v) is 4.84. The van der Waals surface area contributed by atoms with Crippen molar-refractivity contribution in [1.29, 1.82) is 0 Å². The second-order valence-electron chi connectivity index (χ2n) is 6.93. The molecule has 1 aromatic carbocycles. The monoisotopic (exact) mass is 422 g/mol. The first-order valence-corrected chi connectivity index (χ1v) is 9.80. The summed E-state index contributed by atoms with van der Waals surface area (Å²) in [6, 6.07) is 6.93. The van der Waals surface area contributed by atoms with Crippen LogP contribution in [0.25, 0.3) is 0 Å². The maximum atomic E-state index is 12.6. The Balaban J connectivity index is 0.00000450. The fourth-order valence-electron chi connectivity index (χ4n) is 3.11. The van der Waals surface area contributed by atoms with Crippen LogP contribution in [0.3, 0.4) is 0 Å². The number of rotatable bonds is 9. The van der Waals surface area contributed by atoms with Gasteiger partial charge in [0.25, 0.3) is 0 Å². The zero-order valence-electron chi connectivity index (χ0n) is 17.0. The van der Waals surface area contributed by atoms with Gasteiger partial charge in [0.15, 0.2) is 5.84 Å². The van der Waals surface area contributed by atoms with Crippen molar-refractivity contribution in [2.24, 2.45) is 10.9 Å². The van der Waals surface area contributed by atoms with Gasteiger partial charge >= 0.3 is 5.97 Å². The van der Waals surface area contributed by atoms with E-state index < -0.39 is 0 Å². The highest BCUT2D eigenvalue weighted by Gasteiger charge is 2.26. The summed E-state index contributed by atoms with van der Waals surface area (Å²) < 4.78 is 10.4. The third kappa shape index (κ3) is 7.64. The van der Waals surface area contributed by atoms with Gasteiger partial charge in [-0.25, -0.2) is 4.79 Å². The number of nitrogens with two attached hydrogens (primary N) is 1. The van der Waals surface area contributed by atoms with Gasteiger partial charge in [-0.2, -0.15) is 0 Å². The molecule has 1 unspecified atom stereocenters. The van der Waals surface area contributed by atoms with E-state index in [4.69, 9.17) is 20.4 Å². The smallest absolute Gasteiger partial charge is 0.332 e. The second-order valence-corrected chi connectivity index (χ2v) is 6.93. The topological polar surface area (TPSA) is 126 Å². The minimum Gasteiger partial charge on any atom is -0.464 e. The summed E-state index contributed by atoms with van der Waals surface area (Å²) in [4.78, 5) is 25.8. The number of esters is 1. The molecule has 30 heavy (non-hydrogen) atoms. The number of nitrogens with zero attached hydrogens (tertiary/aromatic N) is 2. The van der Waals surface area contributed by atoms with Crippen molar-refractivity contribution in [3.8, 4) is 0 Å². The van der Waals surface area contributed by atoms with Crippen molar-refractivity contribution in [2.45, 2.75) is 52.8 Å². The van der Waals surface area contributed by atoms with Gasteiger partial charge in [-0.1, -0.05) is 36.8 Å². The molecule has 1 atom stereocenters. The lowest BCUT2D eigenvalue weighted by molar-refractivity contribution is -0.152. The van der Waals surface area contributed by atoms with Crippen molar-refractivity contribution >= 4 is 17.7 Å². The summed E-state index contributed by atoms with van der Waals surface area (Å²) >= 11 is 0. The van der Waals surface area contributed by atoms with E-state index in [0.717, 1.165) is 5.56 Å². The summed E-state index contributed by atoms with van der Waals surface area (Å²) in [7, 11) is 0. The third-order valence-electron chi connectivity index (χ3n) is 4.84. The van der Waals surface area contributed by atoms with Crippen LogP contribution in [0.1, 0.15) is 45.2 Å². The molecule has 2 rings (SSSR count). The summed E-state index contributed by atoms with van der Waals surface area (Å²) in [5.41, 5.74) is 7.17. The molecule has 0 saturated carbocycles. The Kier molecular flexibility index (Phi) is 10.8. The zero-order valence-corrected chi connectivity index (χ0v) is 17.0. The van der Waals surface area contributed by atoms with Crippen LogP contribution in [0.5, 0.6) is 0 Å². The van der Waals surface area contributed by atoms with Gasteiger partial charge in [0.05, 0.1) is 18.8 Å². The number of amidine groups is 1. The molecule has 0 radical (unpaired) electrons. The van der Waals surface area contributed by atoms with E-state index in [1.807, 2.05) is 24.0 Å². The normalized spacial score (nSPS) is 15.9. The molecule has 4 N–H and O–H groups in total. The molecule has 168 valence electrons. The molecular weight excluding hydrogens is 388 g/mol. The van der Waals surface area contributed by atoms with Gasteiger partial charge in [-0.3, -0.25) is 4.79 Å². The predicted octanol–water partition coefficient (Wildman–Crippen LogP) is 1.47. The van der Waals surface area contributed by atoms with E-state index in [0.29, 0.717) is 44.6 Å². The van der Waals surface area contributed by atoms with Gasteiger partial charge in [-0.15, -0.1) is 0 Å². The molecule has 1 amide bonds. The van der Waals surface area contributed by atoms with E-state index in [9.17, 15) is 9.59 Å². The van der Waals surface area contributed by atoms with Crippen LogP contribution >= 0.6 is 0 Å². The number of oxime groups is 1.